The summed E-state index contributed by atoms with van der Waals surface area (Å²) in [5.41, 5.74) is 0.645. The van der Waals surface area contributed by atoms with Gasteiger partial charge < -0.3 is 5.32 Å². The van der Waals surface area contributed by atoms with E-state index in [0.29, 0.717) is 11.4 Å². The van der Waals surface area contributed by atoms with Gasteiger partial charge in [0, 0.05) is 3.57 Å². The van der Waals surface area contributed by atoms with Crippen molar-refractivity contribution in [1.29, 1.82) is 0 Å². The third kappa shape index (κ3) is 2.54. The van der Waals surface area contributed by atoms with Crippen LogP contribution in [0.3, 0.4) is 0 Å². The Labute approximate surface area is 105 Å². The molecule has 0 aliphatic rings. The summed E-state index contributed by atoms with van der Waals surface area (Å²) in [6.07, 6.45) is 0. The van der Waals surface area contributed by atoms with Crippen LogP contribution >= 0.6 is 22.6 Å². The molecule has 82 valence electrons. The molecular formula is C9H8IN5O. The summed E-state index contributed by atoms with van der Waals surface area (Å²) in [6.45, 7) is 0.264. The number of hydrogen-bond acceptors (Lipinski definition) is 4. The van der Waals surface area contributed by atoms with Gasteiger partial charge in [-0.3, -0.25) is 4.79 Å². The molecule has 0 radical (unpaired) electrons. The molecule has 0 unspecified atom stereocenters. The molecule has 0 spiro atoms. The molecule has 0 atom stereocenters. The molecule has 6 nitrogen and oxygen atoms in total. The molecule has 0 saturated carbocycles. The summed E-state index contributed by atoms with van der Waals surface area (Å²) in [5, 5.41) is 15.9. The molecule has 2 rings (SSSR count). The lowest BCUT2D eigenvalue weighted by Crippen LogP contribution is -2.24. The van der Waals surface area contributed by atoms with Gasteiger partial charge in [0.2, 0.25) is 0 Å². The predicted octanol–water partition coefficient (Wildman–Crippen LogP) is 0.734. The molecule has 0 aliphatic heterocycles. The van der Waals surface area contributed by atoms with E-state index >= 15 is 0 Å². The zero-order valence-corrected chi connectivity index (χ0v) is 10.3. The third-order valence-corrected chi connectivity index (χ3v) is 2.86. The van der Waals surface area contributed by atoms with Crippen molar-refractivity contribution in [3.05, 3.63) is 39.2 Å². The Bertz CT molecular complexity index is 484. The van der Waals surface area contributed by atoms with Gasteiger partial charge in [0.1, 0.15) is 0 Å². The van der Waals surface area contributed by atoms with E-state index in [1.807, 2.05) is 18.2 Å². The highest BCUT2D eigenvalue weighted by Crippen LogP contribution is 2.10. The fourth-order valence-corrected chi connectivity index (χ4v) is 1.79. The van der Waals surface area contributed by atoms with Crippen LogP contribution in [-0.2, 0) is 6.54 Å². The number of rotatable bonds is 3. The van der Waals surface area contributed by atoms with E-state index in [4.69, 9.17) is 0 Å². The van der Waals surface area contributed by atoms with Crippen molar-refractivity contribution in [2.24, 2.45) is 0 Å². The zero-order chi connectivity index (χ0) is 11.4. The highest BCUT2D eigenvalue weighted by Gasteiger charge is 2.09. The number of tetrazole rings is 1. The minimum absolute atomic E-state index is 0.144. The zero-order valence-electron chi connectivity index (χ0n) is 8.14. The molecule has 0 fully saturated rings. The maximum Gasteiger partial charge on any atom is 0.252 e. The molecule has 1 aromatic heterocycles. The second-order valence-electron chi connectivity index (χ2n) is 2.99. The summed E-state index contributed by atoms with van der Waals surface area (Å²) < 4.78 is 0.908. The molecule has 0 bridgehead atoms. The molecule has 0 saturated heterocycles. The lowest BCUT2D eigenvalue weighted by molar-refractivity contribution is 0.0949. The summed E-state index contributed by atoms with van der Waals surface area (Å²) in [6, 6.07) is 7.36. The number of nitrogens with one attached hydrogen (secondary N) is 2. The summed E-state index contributed by atoms with van der Waals surface area (Å²) >= 11 is 2.12. The van der Waals surface area contributed by atoms with Crippen molar-refractivity contribution < 1.29 is 4.79 Å². The van der Waals surface area contributed by atoms with Crippen LogP contribution in [0.15, 0.2) is 24.3 Å². The second-order valence-corrected chi connectivity index (χ2v) is 4.15. The lowest BCUT2D eigenvalue weighted by Gasteiger charge is -2.04. The van der Waals surface area contributed by atoms with Crippen molar-refractivity contribution in [2.75, 3.05) is 0 Å². The molecule has 1 aromatic carbocycles. The molecule has 16 heavy (non-hydrogen) atoms. The van der Waals surface area contributed by atoms with Crippen LogP contribution in [0.5, 0.6) is 0 Å². The Kier molecular flexibility index (Phi) is 3.44. The Balaban J connectivity index is 2.01. The van der Waals surface area contributed by atoms with E-state index < -0.39 is 0 Å². The minimum Gasteiger partial charge on any atom is -0.345 e. The number of carbonyl (C=O) groups is 1. The van der Waals surface area contributed by atoms with Crippen LogP contribution in [0.25, 0.3) is 0 Å². The normalized spacial score (nSPS) is 10.1. The number of halogens is 1. The molecule has 1 heterocycles. The summed E-state index contributed by atoms with van der Waals surface area (Å²) in [4.78, 5) is 11.8. The summed E-state index contributed by atoms with van der Waals surface area (Å²) in [5.74, 6) is 0.314. The van der Waals surface area contributed by atoms with E-state index in [-0.39, 0.29) is 12.5 Å². The highest BCUT2D eigenvalue weighted by atomic mass is 127. The Morgan fingerprint density at radius 2 is 2.25 bits per heavy atom. The van der Waals surface area contributed by atoms with Gasteiger partial charge in [0.25, 0.3) is 5.91 Å². The smallest absolute Gasteiger partial charge is 0.252 e. The average Bonchev–Trinajstić information content (AvgIpc) is 2.79. The summed E-state index contributed by atoms with van der Waals surface area (Å²) in [7, 11) is 0. The largest absolute Gasteiger partial charge is 0.345 e. The quantitative estimate of drug-likeness (QED) is 0.814. The van der Waals surface area contributed by atoms with Gasteiger partial charge in [0.05, 0.1) is 12.1 Å². The van der Waals surface area contributed by atoms with E-state index in [2.05, 4.69) is 48.5 Å². The van der Waals surface area contributed by atoms with Crippen molar-refractivity contribution >= 4 is 28.5 Å². The number of benzene rings is 1. The predicted molar refractivity (Wildman–Crippen MR) is 64.5 cm³/mol. The molecule has 1 amide bonds. The number of H-pyrrole nitrogens is 1. The fraction of sp³-hybridized carbons (Fsp3) is 0.111. The van der Waals surface area contributed by atoms with Crippen LogP contribution < -0.4 is 5.32 Å². The SMILES string of the molecule is O=C(NCc1nn[nH]n1)c1ccccc1I. The van der Waals surface area contributed by atoms with Crippen LogP contribution in [0.4, 0.5) is 0 Å². The maximum absolute atomic E-state index is 11.8. The molecule has 2 aromatic rings. The molecule has 7 heteroatoms. The van der Waals surface area contributed by atoms with Gasteiger partial charge in [-0.15, -0.1) is 10.2 Å². The van der Waals surface area contributed by atoms with E-state index in [9.17, 15) is 4.79 Å². The topological polar surface area (TPSA) is 83.6 Å². The number of nitrogens with zero attached hydrogens (tertiary/aromatic N) is 3. The first-order chi connectivity index (χ1) is 7.77. The number of amides is 1. The second kappa shape index (κ2) is 5.01. The lowest BCUT2D eigenvalue weighted by atomic mass is 10.2. The van der Waals surface area contributed by atoms with Gasteiger partial charge in [-0.25, -0.2) is 0 Å². The molecule has 0 aliphatic carbocycles. The van der Waals surface area contributed by atoms with Gasteiger partial charge in [-0.2, -0.15) is 5.21 Å². The van der Waals surface area contributed by atoms with Crippen molar-refractivity contribution in [3.8, 4) is 0 Å². The first-order valence-electron chi connectivity index (χ1n) is 4.52. The monoisotopic (exact) mass is 329 g/mol. The van der Waals surface area contributed by atoms with E-state index in [1.54, 1.807) is 6.07 Å². The van der Waals surface area contributed by atoms with Crippen LogP contribution in [-0.4, -0.2) is 26.5 Å². The first-order valence-corrected chi connectivity index (χ1v) is 5.60. The first kappa shape index (κ1) is 11.0. The van der Waals surface area contributed by atoms with Gasteiger partial charge >= 0.3 is 0 Å². The number of aromatic nitrogens is 4. The van der Waals surface area contributed by atoms with Crippen molar-refractivity contribution in [1.82, 2.24) is 25.9 Å². The van der Waals surface area contributed by atoms with Crippen LogP contribution in [0.2, 0.25) is 0 Å². The molecular weight excluding hydrogens is 321 g/mol. The van der Waals surface area contributed by atoms with Crippen molar-refractivity contribution in [2.45, 2.75) is 6.54 Å². The fourth-order valence-electron chi connectivity index (χ4n) is 1.16. The van der Waals surface area contributed by atoms with Gasteiger partial charge in [-0.1, -0.05) is 17.3 Å². The highest BCUT2D eigenvalue weighted by molar-refractivity contribution is 14.1. The number of carbonyl (C=O) groups excluding carboxylic acids is 1. The average molecular weight is 329 g/mol. The van der Waals surface area contributed by atoms with Gasteiger partial charge in [0.15, 0.2) is 5.82 Å². The minimum atomic E-state index is -0.144. The number of hydrogen-bond donors (Lipinski definition) is 2. The standard InChI is InChI=1S/C9H8IN5O/c10-7-4-2-1-3-6(7)9(16)11-5-8-12-14-15-13-8/h1-4H,5H2,(H,11,16)(H,12,13,14,15). The Morgan fingerprint density at radius 1 is 1.44 bits per heavy atom. The molecule has 2 N–H and O–H groups in total. The van der Waals surface area contributed by atoms with E-state index in [0.717, 1.165) is 3.57 Å². The Hall–Kier alpha value is -1.51. The van der Waals surface area contributed by atoms with E-state index in [1.165, 1.54) is 0 Å². The van der Waals surface area contributed by atoms with Crippen LogP contribution in [0.1, 0.15) is 16.2 Å². The maximum atomic E-state index is 11.8. The number of aromatic amines is 1. The van der Waals surface area contributed by atoms with Crippen LogP contribution in [0, 0.1) is 3.57 Å². The Morgan fingerprint density at radius 3 is 2.94 bits per heavy atom. The van der Waals surface area contributed by atoms with Crippen molar-refractivity contribution in [3.63, 3.8) is 0 Å². The third-order valence-electron chi connectivity index (χ3n) is 1.91. The van der Waals surface area contributed by atoms with Gasteiger partial charge in [-0.05, 0) is 34.7 Å².